The Labute approximate surface area is 174 Å². The van der Waals surface area contributed by atoms with Gasteiger partial charge in [0.2, 0.25) is 10.0 Å². The fourth-order valence-electron chi connectivity index (χ4n) is 3.69. The second-order valence-electron chi connectivity index (χ2n) is 7.69. The third-order valence-corrected chi connectivity index (χ3v) is 7.39. The lowest BCUT2D eigenvalue weighted by molar-refractivity contribution is 0.0935. The zero-order valence-electron chi connectivity index (χ0n) is 17.2. The number of benzene rings is 2. The molecule has 0 radical (unpaired) electrons. The Morgan fingerprint density at radius 2 is 1.69 bits per heavy atom. The Morgan fingerprint density at radius 3 is 2.31 bits per heavy atom. The Hall–Kier alpha value is -2.18. The number of hydrogen-bond donors (Lipinski definition) is 1. The van der Waals surface area contributed by atoms with E-state index in [1.165, 1.54) is 11.6 Å². The van der Waals surface area contributed by atoms with Crippen molar-refractivity contribution in [3.05, 3.63) is 65.2 Å². The lowest BCUT2D eigenvalue weighted by atomic mass is 10.0. The van der Waals surface area contributed by atoms with Gasteiger partial charge < -0.3 is 5.32 Å². The van der Waals surface area contributed by atoms with Gasteiger partial charge in [0.15, 0.2) is 0 Å². The monoisotopic (exact) mass is 414 g/mol. The number of amides is 1. The Kier molecular flexibility index (Phi) is 7.09. The van der Waals surface area contributed by atoms with Crippen molar-refractivity contribution in [1.82, 2.24) is 9.62 Å². The second kappa shape index (κ2) is 9.55. The van der Waals surface area contributed by atoms with Crippen molar-refractivity contribution in [2.45, 2.75) is 56.9 Å². The molecular weight excluding hydrogens is 384 g/mol. The van der Waals surface area contributed by atoms with Gasteiger partial charge >= 0.3 is 0 Å². The molecule has 2 aromatic carbocycles. The van der Waals surface area contributed by atoms with Gasteiger partial charge in [0.1, 0.15) is 0 Å². The largest absolute Gasteiger partial charge is 0.345 e. The molecule has 1 saturated heterocycles. The molecule has 0 unspecified atom stereocenters. The summed E-state index contributed by atoms with van der Waals surface area (Å²) in [6.45, 7) is 5.14. The van der Waals surface area contributed by atoms with Gasteiger partial charge in [-0.05, 0) is 49.9 Å². The van der Waals surface area contributed by atoms with Gasteiger partial charge in [0.25, 0.3) is 5.91 Å². The number of carbonyl (C=O) groups is 1. The third kappa shape index (κ3) is 5.25. The van der Waals surface area contributed by atoms with E-state index < -0.39 is 10.0 Å². The first-order valence-electron chi connectivity index (χ1n) is 10.4. The SMILES string of the molecule is CC[C@H](NC(=O)c1cccc(S(=O)(=O)N2CCCCCC2)c1)c1ccc(C)cc1. The first-order chi connectivity index (χ1) is 13.9. The Bertz CT molecular complexity index is 931. The summed E-state index contributed by atoms with van der Waals surface area (Å²) in [4.78, 5) is 13.0. The van der Waals surface area contributed by atoms with E-state index in [0.717, 1.165) is 37.7 Å². The maximum atomic E-state index is 13.0. The third-order valence-electron chi connectivity index (χ3n) is 5.49. The fraction of sp³-hybridized carbons (Fsp3) is 0.435. The molecule has 1 N–H and O–H groups in total. The number of rotatable bonds is 6. The lowest BCUT2D eigenvalue weighted by Gasteiger charge is -2.21. The van der Waals surface area contributed by atoms with Crippen LogP contribution in [0.4, 0.5) is 0 Å². The molecule has 0 aromatic heterocycles. The number of hydrogen-bond acceptors (Lipinski definition) is 3. The number of nitrogens with one attached hydrogen (secondary N) is 1. The smallest absolute Gasteiger partial charge is 0.251 e. The molecule has 1 amide bonds. The van der Waals surface area contributed by atoms with Crippen LogP contribution >= 0.6 is 0 Å². The molecule has 3 rings (SSSR count). The van der Waals surface area contributed by atoms with Crippen LogP contribution < -0.4 is 5.32 Å². The van der Waals surface area contributed by atoms with E-state index in [9.17, 15) is 13.2 Å². The van der Waals surface area contributed by atoms with Gasteiger partial charge in [-0.25, -0.2) is 8.42 Å². The molecule has 1 atom stereocenters. The van der Waals surface area contributed by atoms with Crippen molar-refractivity contribution in [3.8, 4) is 0 Å². The predicted octanol–water partition coefficient (Wildman–Crippen LogP) is 4.44. The van der Waals surface area contributed by atoms with Gasteiger partial charge in [-0.3, -0.25) is 4.79 Å². The number of sulfonamides is 1. The summed E-state index contributed by atoms with van der Waals surface area (Å²) in [6, 6.07) is 14.4. The van der Waals surface area contributed by atoms with Crippen LogP contribution in [0.1, 0.15) is 66.6 Å². The normalized spacial score (nSPS) is 16.8. The van der Waals surface area contributed by atoms with Gasteiger partial charge in [0.05, 0.1) is 10.9 Å². The summed E-state index contributed by atoms with van der Waals surface area (Å²) in [5.74, 6) is -0.259. The molecular formula is C23H30N2O3S. The van der Waals surface area contributed by atoms with Crippen LogP contribution in [0.15, 0.2) is 53.4 Å². The van der Waals surface area contributed by atoms with Crippen molar-refractivity contribution < 1.29 is 13.2 Å². The summed E-state index contributed by atoms with van der Waals surface area (Å²) in [7, 11) is -3.58. The summed E-state index contributed by atoms with van der Waals surface area (Å²) in [5, 5.41) is 3.04. The van der Waals surface area contributed by atoms with E-state index in [4.69, 9.17) is 0 Å². The molecule has 6 heteroatoms. The highest BCUT2D eigenvalue weighted by Crippen LogP contribution is 2.22. The average Bonchev–Trinajstić information content (AvgIpc) is 3.03. The molecule has 29 heavy (non-hydrogen) atoms. The minimum atomic E-state index is -3.58. The minimum Gasteiger partial charge on any atom is -0.345 e. The zero-order valence-corrected chi connectivity index (χ0v) is 18.0. The van der Waals surface area contributed by atoms with Gasteiger partial charge in [-0.15, -0.1) is 0 Å². The molecule has 0 aliphatic carbocycles. The molecule has 1 heterocycles. The summed E-state index contributed by atoms with van der Waals surface area (Å²) < 4.78 is 27.6. The summed E-state index contributed by atoms with van der Waals surface area (Å²) in [6.07, 6.45) is 4.64. The Balaban J connectivity index is 1.79. The van der Waals surface area contributed by atoms with E-state index >= 15 is 0 Å². The zero-order chi connectivity index (χ0) is 20.9. The molecule has 0 saturated carbocycles. The van der Waals surface area contributed by atoms with Crippen molar-refractivity contribution >= 4 is 15.9 Å². The van der Waals surface area contributed by atoms with E-state index in [1.807, 2.05) is 38.1 Å². The lowest BCUT2D eigenvalue weighted by Crippen LogP contribution is -2.32. The molecule has 1 fully saturated rings. The number of nitrogens with zero attached hydrogens (tertiary/aromatic N) is 1. The predicted molar refractivity (Wildman–Crippen MR) is 115 cm³/mol. The average molecular weight is 415 g/mol. The van der Waals surface area contributed by atoms with Crippen molar-refractivity contribution in [3.63, 3.8) is 0 Å². The number of aryl methyl sites for hydroxylation is 1. The first-order valence-corrected chi connectivity index (χ1v) is 11.8. The topological polar surface area (TPSA) is 66.5 Å². The minimum absolute atomic E-state index is 0.117. The highest BCUT2D eigenvalue weighted by atomic mass is 32.2. The summed E-state index contributed by atoms with van der Waals surface area (Å²) >= 11 is 0. The van der Waals surface area contributed by atoms with Crippen LogP contribution in [0, 0.1) is 6.92 Å². The van der Waals surface area contributed by atoms with E-state index in [1.54, 1.807) is 22.5 Å². The molecule has 1 aliphatic rings. The molecule has 5 nitrogen and oxygen atoms in total. The maximum absolute atomic E-state index is 13.0. The van der Waals surface area contributed by atoms with Crippen molar-refractivity contribution in [1.29, 1.82) is 0 Å². The van der Waals surface area contributed by atoms with Crippen LogP contribution in [0.3, 0.4) is 0 Å². The maximum Gasteiger partial charge on any atom is 0.251 e. The van der Waals surface area contributed by atoms with Gasteiger partial charge in [0, 0.05) is 18.7 Å². The number of carbonyl (C=O) groups excluding carboxylic acids is 1. The molecule has 1 aliphatic heterocycles. The van der Waals surface area contributed by atoms with Crippen LogP contribution in [-0.4, -0.2) is 31.7 Å². The summed E-state index contributed by atoms with van der Waals surface area (Å²) in [5.41, 5.74) is 2.58. The first kappa shape index (κ1) is 21.5. The van der Waals surface area contributed by atoms with Crippen LogP contribution in [0.25, 0.3) is 0 Å². The second-order valence-corrected chi connectivity index (χ2v) is 9.63. The highest BCUT2D eigenvalue weighted by Gasteiger charge is 2.26. The van der Waals surface area contributed by atoms with Gasteiger partial charge in [-0.2, -0.15) is 4.31 Å². The van der Waals surface area contributed by atoms with Crippen molar-refractivity contribution in [2.75, 3.05) is 13.1 Å². The van der Waals surface area contributed by atoms with E-state index in [0.29, 0.717) is 18.7 Å². The fourth-order valence-corrected chi connectivity index (χ4v) is 5.25. The molecule has 156 valence electrons. The standard InChI is InChI=1S/C23H30N2O3S/c1-3-22(19-13-11-18(2)12-14-19)24-23(26)20-9-8-10-21(17-20)29(27,28)25-15-6-4-5-7-16-25/h8-14,17,22H,3-7,15-16H2,1-2H3,(H,24,26)/t22-/m0/s1. The molecule has 0 spiro atoms. The van der Waals surface area contributed by atoms with Crippen molar-refractivity contribution in [2.24, 2.45) is 0 Å². The highest BCUT2D eigenvalue weighted by molar-refractivity contribution is 7.89. The van der Waals surface area contributed by atoms with Crippen LogP contribution in [0.5, 0.6) is 0 Å². The van der Waals surface area contributed by atoms with Crippen LogP contribution in [-0.2, 0) is 10.0 Å². The quantitative estimate of drug-likeness (QED) is 0.760. The van der Waals surface area contributed by atoms with E-state index in [2.05, 4.69) is 5.32 Å². The molecule has 2 aromatic rings. The Morgan fingerprint density at radius 1 is 1.03 bits per heavy atom. The molecule has 0 bridgehead atoms. The van der Waals surface area contributed by atoms with Gasteiger partial charge in [-0.1, -0.05) is 55.7 Å². The van der Waals surface area contributed by atoms with Crippen LogP contribution in [0.2, 0.25) is 0 Å². The van der Waals surface area contributed by atoms with E-state index in [-0.39, 0.29) is 16.8 Å².